The Morgan fingerprint density at radius 1 is 1.64 bits per heavy atom. The van der Waals surface area contributed by atoms with Crippen molar-refractivity contribution in [2.75, 3.05) is 0 Å². The summed E-state index contributed by atoms with van der Waals surface area (Å²) in [5, 5.41) is 0. The first kappa shape index (κ1) is 6.58. The van der Waals surface area contributed by atoms with Gasteiger partial charge in [-0.25, -0.2) is 9.37 Å². The van der Waals surface area contributed by atoms with Crippen molar-refractivity contribution in [1.82, 2.24) is 9.97 Å². The van der Waals surface area contributed by atoms with E-state index in [1.165, 1.54) is 0 Å². The van der Waals surface area contributed by atoms with Gasteiger partial charge in [0.1, 0.15) is 17.3 Å². The molecule has 3 heteroatoms. The lowest BCUT2D eigenvalue weighted by Crippen LogP contribution is -1.95. The Kier molecular flexibility index (Phi) is 1.31. The summed E-state index contributed by atoms with van der Waals surface area (Å²) in [6.45, 7) is 1.84. The first-order valence-corrected chi connectivity index (χ1v) is 3.69. The number of H-pyrrole nitrogens is 1. The molecule has 1 heterocycles. The van der Waals surface area contributed by atoms with Gasteiger partial charge < -0.3 is 4.98 Å². The van der Waals surface area contributed by atoms with Gasteiger partial charge in [0, 0.05) is 5.69 Å². The third kappa shape index (κ3) is 0.964. The van der Waals surface area contributed by atoms with Gasteiger partial charge in [-0.05, 0) is 25.8 Å². The number of imidazole rings is 1. The molecule has 0 saturated carbocycles. The summed E-state index contributed by atoms with van der Waals surface area (Å²) in [5.41, 5.74) is 1.44. The average molecular weight is 152 g/mol. The van der Waals surface area contributed by atoms with Crippen LogP contribution in [0.4, 0.5) is 4.39 Å². The van der Waals surface area contributed by atoms with Crippen molar-refractivity contribution < 1.29 is 4.39 Å². The molecule has 58 valence electrons. The Morgan fingerprint density at radius 2 is 2.45 bits per heavy atom. The minimum atomic E-state index is -0.185. The zero-order valence-corrected chi connectivity index (χ0v) is 6.32. The van der Waals surface area contributed by atoms with Crippen molar-refractivity contribution in [2.45, 2.75) is 19.8 Å². The molecule has 0 saturated heterocycles. The molecule has 0 amide bonds. The van der Waals surface area contributed by atoms with E-state index < -0.39 is 0 Å². The number of aromatic nitrogens is 2. The fourth-order valence-corrected chi connectivity index (χ4v) is 1.36. The number of hydrogen-bond donors (Lipinski definition) is 1. The molecule has 0 unspecified atom stereocenters. The standard InChI is InChI=1S/C8H9FN2/c1-5-10-7-4-2-3-6(9)8(7)11-5/h3H,2,4H2,1H3,(H,10,11). The average Bonchev–Trinajstić information content (AvgIpc) is 2.31. The van der Waals surface area contributed by atoms with Gasteiger partial charge in [0.2, 0.25) is 0 Å². The Bertz CT molecular complexity index is 312. The zero-order chi connectivity index (χ0) is 7.84. The van der Waals surface area contributed by atoms with E-state index in [0.29, 0.717) is 5.69 Å². The van der Waals surface area contributed by atoms with Crippen LogP contribution in [0, 0.1) is 6.92 Å². The maximum Gasteiger partial charge on any atom is 0.146 e. The van der Waals surface area contributed by atoms with E-state index in [9.17, 15) is 4.39 Å². The van der Waals surface area contributed by atoms with Gasteiger partial charge in [-0.15, -0.1) is 0 Å². The topological polar surface area (TPSA) is 28.7 Å². The maximum atomic E-state index is 13.0. The van der Waals surface area contributed by atoms with E-state index in [0.717, 1.165) is 24.4 Å². The Hall–Kier alpha value is -1.12. The van der Waals surface area contributed by atoms with Crippen molar-refractivity contribution in [3.8, 4) is 0 Å². The summed E-state index contributed by atoms with van der Waals surface area (Å²) in [6.07, 6.45) is 3.24. The molecule has 1 aliphatic rings. The molecule has 0 bridgehead atoms. The number of aromatic amines is 1. The van der Waals surface area contributed by atoms with Crippen LogP contribution < -0.4 is 0 Å². The highest BCUT2D eigenvalue weighted by Crippen LogP contribution is 2.24. The monoisotopic (exact) mass is 152 g/mol. The van der Waals surface area contributed by atoms with Crippen LogP contribution in [0.5, 0.6) is 0 Å². The molecule has 0 atom stereocenters. The lowest BCUT2D eigenvalue weighted by Gasteiger charge is -2.03. The van der Waals surface area contributed by atoms with Gasteiger partial charge in [-0.3, -0.25) is 0 Å². The second-order valence-electron chi connectivity index (χ2n) is 2.74. The van der Waals surface area contributed by atoms with E-state index in [1.807, 2.05) is 6.92 Å². The second-order valence-corrected chi connectivity index (χ2v) is 2.74. The van der Waals surface area contributed by atoms with Crippen molar-refractivity contribution in [1.29, 1.82) is 0 Å². The van der Waals surface area contributed by atoms with Crippen molar-refractivity contribution in [3.05, 3.63) is 23.3 Å². The third-order valence-corrected chi connectivity index (χ3v) is 1.84. The van der Waals surface area contributed by atoms with Gasteiger partial charge in [-0.1, -0.05) is 0 Å². The predicted octanol–water partition coefficient (Wildman–Crippen LogP) is 1.97. The maximum absolute atomic E-state index is 13.0. The largest absolute Gasteiger partial charge is 0.345 e. The smallest absolute Gasteiger partial charge is 0.146 e. The highest BCUT2D eigenvalue weighted by molar-refractivity contribution is 5.59. The highest BCUT2D eigenvalue weighted by atomic mass is 19.1. The Balaban J connectivity index is 2.55. The van der Waals surface area contributed by atoms with Crippen LogP contribution in [0.15, 0.2) is 6.08 Å². The van der Waals surface area contributed by atoms with Gasteiger partial charge in [0.25, 0.3) is 0 Å². The van der Waals surface area contributed by atoms with Gasteiger partial charge in [0.15, 0.2) is 0 Å². The van der Waals surface area contributed by atoms with Crippen molar-refractivity contribution in [2.24, 2.45) is 0 Å². The van der Waals surface area contributed by atoms with E-state index in [2.05, 4.69) is 9.97 Å². The summed E-state index contributed by atoms with van der Waals surface area (Å²) < 4.78 is 13.0. The second kappa shape index (κ2) is 2.19. The van der Waals surface area contributed by atoms with Crippen LogP contribution >= 0.6 is 0 Å². The lowest BCUT2D eigenvalue weighted by atomic mass is 10.1. The fourth-order valence-electron chi connectivity index (χ4n) is 1.36. The van der Waals surface area contributed by atoms with Gasteiger partial charge in [0.05, 0.1) is 0 Å². The number of halogens is 1. The fraction of sp³-hybridized carbons (Fsp3) is 0.375. The molecule has 2 rings (SSSR count). The number of rotatable bonds is 0. The Labute approximate surface area is 64.2 Å². The first-order valence-electron chi connectivity index (χ1n) is 3.69. The first-order chi connectivity index (χ1) is 5.27. The highest BCUT2D eigenvalue weighted by Gasteiger charge is 2.15. The van der Waals surface area contributed by atoms with Gasteiger partial charge >= 0.3 is 0 Å². The molecular weight excluding hydrogens is 143 g/mol. The summed E-state index contributed by atoms with van der Waals surface area (Å²) >= 11 is 0. The van der Waals surface area contributed by atoms with E-state index in [1.54, 1.807) is 6.08 Å². The van der Waals surface area contributed by atoms with Crippen LogP contribution in [0.1, 0.15) is 23.6 Å². The molecule has 0 radical (unpaired) electrons. The van der Waals surface area contributed by atoms with Crippen LogP contribution in [0.2, 0.25) is 0 Å². The van der Waals surface area contributed by atoms with E-state index >= 15 is 0 Å². The van der Waals surface area contributed by atoms with Crippen LogP contribution in [-0.2, 0) is 6.42 Å². The molecular formula is C8H9FN2. The Morgan fingerprint density at radius 3 is 3.18 bits per heavy atom. The molecule has 2 nitrogen and oxygen atoms in total. The normalized spacial score (nSPS) is 16.0. The number of aryl methyl sites for hydroxylation is 2. The molecule has 1 aromatic heterocycles. The van der Waals surface area contributed by atoms with E-state index in [4.69, 9.17) is 0 Å². The minimum absolute atomic E-state index is 0.185. The van der Waals surface area contributed by atoms with Crippen molar-refractivity contribution in [3.63, 3.8) is 0 Å². The number of fused-ring (bicyclic) bond motifs is 1. The SMILES string of the molecule is Cc1nc2c([nH]1)CCC=C2F. The molecule has 0 fully saturated rings. The molecule has 0 aromatic carbocycles. The number of allylic oxidation sites excluding steroid dienone is 1. The molecule has 0 spiro atoms. The van der Waals surface area contributed by atoms with Gasteiger partial charge in [-0.2, -0.15) is 0 Å². The quantitative estimate of drug-likeness (QED) is 0.605. The number of hydrogen-bond acceptors (Lipinski definition) is 1. The zero-order valence-electron chi connectivity index (χ0n) is 6.32. The third-order valence-electron chi connectivity index (χ3n) is 1.84. The predicted molar refractivity (Wildman–Crippen MR) is 40.7 cm³/mol. The van der Waals surface area contributed by atoms with Crippen LogP contribution in [-0.4, -0.2) is 9.97 Å². The molecule has 0 aliphatic heterocycles. The van der Waals surface area contributed by atoms with Crippen LogP contribution in [0.3, 0.4) is 0 Å². The van der Waals surface area contributed by atoms with E-state index in [-0.39, 0.29) is 5.83 Å². The molecule has 1 aliphatic carbocycles. The summed E-state index contributed by atoms with van der Waals surface area (Å²) in [4.78, 5) is 7.07. The van der Waals surface area contributed by atoms with Crippen molar-refractivity contribution >= 4 is 5.83 Å². The summed E-state index contributed by atoms with van der Waals surface area (Å²) in [6, 6.07) is 0. The molecule has 11 heavy (non-hydrogen) atoms. The minimum Gasteiger partial charge on any atom is -0.345 e. The number of nitrogens with zero attached hydrogens (tertiary/aromatic N) is 1. The molecule has 1 aromatic rings. The summed E-state index contributed by atoms with van der Waals surface area (Å²) in [5.74, 6) is 0.607. The lowest BCUT2D eigenvalue weighted by molar-refractivity contribution is 0.730. The number of nitrogens with one attached hydrogen (secondary N) is 1. The summed E-state index contributed by atoms with van der Waals surface area (Å²) in [7, 11) is 0. The van der Waals surface area contributed by atoms with Crippen LogP contribution in [0.25, 0.3) is 5.83 Å². The molecule has 1 N–H and O–H groups in total.